The second kappa shape index (κ2) is 7.58. The third-order valence-electron chi connectivity index (χ3n) is 4.88. The third kappa shape index (κ3) is 3.41. The molecule has 1 aliphatic rings. The Morgan fingerprint density at radius 2 is 1.73 bits per heavy atom. The van der Waals surface area contributed by atoms with Crippen LogP contribution < -0.4 is 16.1 Å². The van der Waals surface area contributed by atoms with E-state index in [2.05, 4.69) is 17.0 Å². The van der Waals surface area contributed by atoms with Crippen LogP contribution in [0.2, 0.25) is 0 Å². The Morgan fingerprint density at radius 1 is 1.00 bits per heavy atom. The van der Waals surface area contributed by atoms with Gasteiger partial charge < -0.3 is 4.90 Å². The van der Waals surface area contributed by atoms with Crippen molar-refractivity contribution >= 4 is 5.82 Å². The summed E-state index contributed by atoms with van der Waals surface area (Å²) >= 11 is 0. The molecule has 0 unspecified atom stereocenters. The van der Waals surface area contributed by atoms with Gasteiger partial charge in [0.05, 0.1) is 0 Å². The fraction of sp³-hybridized carbons (Fsp3) is 0.421. The van der Waals surface area contributed by atoms with E-state index >= 15 is 0 Å². The first-order valence-electron chi connectivity index (χ1n) is 8.74. The molecule has 0 radical (unpaired) electrons. The molecule has 7 heteroatoms. The molecule has 1 aromatic heterocycles. The van der Waals surface area contributed by atoms with E-state index in [1.165, 1.54) is 17.2 Å². The van der Waals surface area contributed by atoms with Crippen molar-refractivity contribution in [2.45, 2.75) is 13.0 Å². The van der Waals surface area contributed by atoms with Gasteiger partial charge in [0.25, 0.3) is 5.56 Å². The van der Waals surface area contributed by atoms with Crippen molar-refractivity contribution in [2.24, 2.45) is 14.1 Å². The van der Waals surface area contributed by atoms with Crippen LogP contribution in [0.4, 0.5) is 5.82 Å². The van der Waals surface area contributed by atoms with Gasteiger partial charge in [-0.05, 0) is 12.0 Å². The lowest BCUT2D eigenvalue weighted by atomic mass is 10.2. The third-order valence-corrected chi connectivity index (χ3v) is 4.88. The second-order valence-electron chi connectivity index (χ2n) is 6.62. The maximum atomic E-state index is 12.3. The van der Waals surface area contributed by atoms with Crippen molar-refractivity contribution in [3.63, 3.8) is 0 Å². The zero-order valence-corrected chi connectivity index (χ0v) is 15.2. The first kappa shape index (κ1) is 18.0. The van der Waals surface area contributed by atoms with E-state index in [1.807, 2.05) is 29.2 Å². The largest absolute Gasteiger partial charge is 0.355 e. The average molecular weight is 353 g/mol. The minimum absolute atomic E-state index is 0.0334. The second-order valence-corrected chi connectivity index (χ2v) is 6.62. The lowest BCUT2D eigenvalue weighted by Gasteiger charge is -2.26. The van der Waals surface area contributed by atoms with Gasteiger partial charge in [-0.1, -0.05) is 30.3 Å². The number of anilines is 1. The van der Waals surface area contributed by atoms with Crippen molar-refractivity contribution in [3.05, 3.63) is 62.3 Å². The Hall–Kier alpha value is -2.85. The SMILES string of the molecule is Cn1c(N2CCCN(Cc3ccccc3)CC2)c(C#N)c(=O)n(C)c1=O. The molecule has 1 saturated heterocycles. The smallest absolute Gasteiger partial charge is 0.332 e. The summed E-state index contributed by atoms with van der Waals surface area (Å²) in [7, 11) is 3.02. The van der Waals surface area contributed by atoms with E-state index in [9.17, 15) is 14.9 Å². The predicted octanol–water partition coefficient (Wildman–Crippen LogP) is 0.668. The number of benzene rings is 1. The highest BCUT2D eigenvalue weighted by atomic mass is 16.2. The molecule has 0 bridgehead atoms. The Kier molecular flexibility index (Phi) is 5.24. The van der Waals surface area contributed by atoms with Gasteiger partial charge in [-0.15, -0.1) is 0 Å². The van der Waals surface area contributed by atoms with E-state index in [4.69, 9.17) is 0 Å². The van der Waals surface area contributed by atoms with Gasteiger partial charge in [0.1, 0.15) is 11.9 Å². The molecule has 0 amide bonds. The van der Waals surface area contributed by atoms with Gasteiger partial charge in [-0.25, -0.2) is 4.79 Å². The van der Waals surface area contributed by atoms with Crippen LogP contribution in [0.15, 0.2) is 39.9 Å². The van der Waals surface area contributed by atoms with Crippen LogP contribution in [0.1, 0.15) is 17.5 Å². The van der Waals surface area contributed by atoms with Gasteiger partial charge in [0, 0.05) is 46.8 Å². The fourth-order valence-corrected chi connectivity index (χ4v) is 3.48. The van der Waals surface area contributed by atoms with Crippen molar-refractivity contribution in [2.75, 3.05) is 31.1 Å². The Bertz CT molecular complexity index is 939. The number of hydrogen-bond acceptors (Lipinski definition) is 5. The highest BCUT2D eigenvalue weighted by Gasteiger charge is 2.23. The Balaban J connectivity index is 1.85. The summed E-state index contributed by atoms with van der Waals surface area (Å²) in [6, 6.07) is 12.3. The van der Waals surface area contributed by atoms with Crippen LogP contribution in [0.5, 0.6) is 0 Å². The number of nitriles is 1. The zero-order chi connectivity index (χ0) is 18.7. The average Bonchev–Trinajstić information content (AvgIpc) is 2.89. The molecule has 7 nitrogen and oxygen atoms in total. The highest BCUT2D eigenvalue weighted by molar-refractivity contribution is 5.53. The standard InChI is InChI=1S/C19H23N5O2/c1-21-17(16(13-20)18(25)22(2)19(21)26)24-10-6-9-23(11-12-24)14-15-7-4-3-5-8-15/h3-5,7-8H,6,9-12,14H2,1-2H3. The van der Waals surface area contributed by atoms with Crippen LogP contribution in [-0.4, -0.2) is 40.2 Å². The van der Waals surface area contributed by atoms with E-state index in [1.54, 1.807) is 7.05 Å². The zero-order valence-electron chi connectivity index (χ0n) is 15.2. The van der Waals surface area contributed by atoms with Gasteiger partial charge in [0.2, 0.25) is 0 Å². The molecule has 3 rings (SSSR count). The minimum atomic E-state index is -0.531. The predicted molar refractivity (Wildman–Crippen MR) is 100 cm³/mol. The van der Waals surface area contributed by atoms with E-state index in [0.29, 0.717) is 18.9 Å². The number of nitrogens with zero attached hydrogens (tertiary/aromatic N) is 5. The molecular weight excluding hydrogens is 330 g/mol. The maximum absolute atomic E-state index is 12.3. The monoisotopic (exact) mass is 353 g/mol. The molecular formula is C19H23N5O2. The lowest BCUT2D eigenvalue weighted by molar-refractivity contribution is 0.285. The van der Waals surface area contributed by atoms with Crippen LogP contribution >= 0.6 is 0 Å². The summed E-state index contributed by atoms with van der Waals surface area (Å²) < 4.78 is 2.40. The molecule has 2 heterocycles. The molecule has 0 atom stereocenters. The summed E-state index contributed by atoms with van der Waals surface area (Å²) in [4.78, 5) is 29.0. The first-order chi connectivity index (χ1) is 12.5. The molecule has 1 aromatic carbocycles. The van der Waals surface area contributed by atoms with Crippen LogP contribution in [0, 0.1) is 11.3 Å². The summed E-state index contributed by atoms with van der Waals surface area (Å²) in [5.74, 6) is 0.433. The molecule has 26 heavy (non-hydrogen) atoms. The topological polar surface area (TPSA) is 74.3 Å². The summed E-state index contributed by atoms with van der Waals surface area (Å²) in [6.45, 7) is 3.99. The van der Waals surface area contributed by atoms with Gasteiger partial charge >= 0.3 is 5.69 Å². The van der Waals surface area contributed by atoms with Crippen molar-refractivity contribution in [3.8, 4) is 6.07 Å². The lowest BCUT2D eigenvalue weighted by Crippen LogP contribution is -2.43. The summed E-state index contributed by atoms with van der Waals surface area (Å²) in [5.41, 5.74) is 0.358. The minimum Gasteiger partial charge on any atom is -0.355 e. The number of hydrogen-bond donors (Lipinski definition) is 0. The fourth-order valence-electron chi connectivity index (χ4n) is 3.48. The number of aromatic nitrogens is 2. The molecule has 0 saturated carbocycles. The number of rotatable bonds is 3. The van der Waals surface area contributed by atoms with E-state index in [0.717, 1.165) is 30.6 Å². The molecule has 1 fully saturated rings. The van der Waals surface area contributed by atoms with Crippen molar-refractivity contribution in [1.29, 1.82) is 5.26 Å². The van der Waals surface area contributed by atoms with Gasteiger partial charge in [-0.3, -0.25) is 18.8 Å². The van der Waals surface area contributed by atoms with Crippen LogP contribution in [-0.2, 0) is 20.6 Å². The Labute approximate surface area is 152 Å². The molecule has 136 valence electrons. The van der Waals surface area contributed by atoms with Gasteiger partial charge in [-0.2, -0.15) is 5.26 Å². The molecule has 2 aromatic rings. The molecule has 0 aliphatic carbocycles. The van der Waals surface area contributed by atoms with Gasteiger partial charge in [0.15, 0.2) is 5.56 Å². The molecule has 0 N–H and O–H groups in total. The maximum Gasteiger partial charge on any atom is 0.332 e. The van der Waals surface area contributed by atoms with Crippen molar-refractivity contribution in [1.82, 2.24) is 14.0 Å². The summed E-state index contributed by atoms with van der Waals surface area (Å²) in [5, 5.41) is 9.47. The van der Waals surface area contributed by atoms with E-state index < -0.39 is 11.2 Å². The Morgan fingerprint density at radius 3 is 2.42 bits per heavy atom. The summed E-state index contributed by atoms with van der Waals surface area (Å²) in [6.07, 6.45) is 0.904. The quantitative estimate of drug-likeness (QED) is 0.811. The van der Waals surface area contributed by atoms with Crippen molar-refractivity contribution < 1.29 is 0 Å². The molecule has 0 spiro atoms. The normalized spacial score (nSPS) is 15.5. The van der Waals surface area contributed by atoms with Crippen LogP contribution in [0.25, 0.3) is 0 Å². The highest BCUT2D eigenvalue weighted by Crippen LogP contribution is 2.18. The van der Waals surface area contributed by atoms with E-state index in [-0.39, 0.29) is 5.56 Å². The first-order valence-corrected chi connectivity index (χ1v) is 8.74. The molecule has 1 aliphatic heterocycles. The van der Waals surface area contributed by atoms with Crippen LogP contribution in [0.3, 0.4) is 0 Å².